The third-order valence-corrected chi connectivity index (χ3v) is 8.62. The molecule has 1 amide bonds. The largest absolute Gasteiger partial charge is 0.398 e. The van der Waals surface area contributed by atoms with Crippen LogP contribution in [0.4, 0.5) is 23.2 Å². The number of carbonyl (C=O) groups excluding carboxylic acids is 1. The SMILES string of the molecule is Cc1cc(F)c(N2CCN(C(=O)C3(c4ccc(Cl)cc4)CC3(Cl)Cl)CC2)cc1SCC(F)(F)F. The number of nitrogens with zero attached hydrogens (tertiary/aromatic N) is 2. The summed E-state index contributed by atoms with van der Waals surface area (Å²) in [6.07, 6.45) is -4.04. The second kappa shape index (κ2) is 9.26. The maximum Gasteiger partial charge on any atom is 0.398 e. The van der Waals surface area contributed by atoms with E-state index in [-0.39, 0.29) is 18.0 Å². The molecule has 1 saturated heterocycles. The molecule has 3 nitrogen and oxygen atoms in total. The summed E-state index contributed by atoms with van der Waals surface area (Å²) in [5.74, 6) is -1.76. The second-order valence-corrected chi connectivity index (χ2v) is 11.5. The van der Waals surface area contributed by atoms with Crippen molar-refractivity contribution in [1.82, 2.24) is 4.90 Å². The molecule has 0 radical (unpaired) electrons. The number of rotatable bonds is 5. The molecule has 184 valence electrons. The quantitative estimate of drug-likeness (QED) is 0.236. The number of alkyl halides is 5. The molecule has 34 heavy (non-hydrogen) atoms. The highest BCUT2D eigenvalue weighted by Gasteiger charge is 2.72. The molecule has 4 rings (SSSR count). The fourth-order valence-corrected chi connectivity index (χ4v) is 6.02. The maximum atomic E-state index is 14.7. The first-order valence-corrected chi connectivity index (χ1v) is 12.6. The average Bonchev–Trinajstić information content (AvgIpc) is 3.35. The molecule has 2 fully saturated rings. The monoisotopic (exact) mass is 554 g/mol. The standard InChI is InChI=1S/C23H21Cl3F4N2OS/c1-14-10-17(27)18(11-19(14)34-13-23(28,29)30)31-6-8-32(9-7-31)20(33)21(12-22(21,25)26)15-2-4-16(24)5-3-15/h2-5,10-11H,6-9,12-13H2,1H3. The summed E-state index contributed by atoms with van der Waals surface area (Å²) >= 11 is 19.5. The molecule has 0 aromatic heterocycles. The normalized spacial score (nSPS) is 22.1. The van der Waals surface area contributed by atoms with Crippen molar-refractivity contribution in [3.63, 3.8) is 0 Å². The van der Waals surface area contributed by atoms with Crippen LogP contribution in [0.1, 0.15) is 17.5 Å². The molecule has 1 heterocycles. The zero-order chi connectivity index (χ0) is 24.9. The van der Waals surface area contributed by atoms with Crippen LogP contribution in [0.25, 0.3) is 0 Å². The molecule has 2 aromatic carbocycles. The molecule has 1 unspecified atom stereocenters. The maximum absolute atomic E-state index is 14.7. The van der Waals surface area contributed by atoms with E-state index in [1.807, 2.05) is 0 Å². The van der Waals surface area contributed by atoms with Crippen molar-refractivity contribution in [2.75, 3.05) is 36.8 Å². The molecule has 1 atom stereocenters. The molecular weight excluding hydrogens is 535 g/mol. The highest BCUT2D eigenvalue weighted by molar-refractivity contribution is 7.99. The lowest BCUT2D eigenvalue weighted by molar-refractivity contribution is -0.134. The first kappa shape index (κ1) is 25.7. The van der Waals surface area contributed by atoms with E-state index in [0.29, 0.717) is 59.0 Å². The number of aryl methyl sites for hydroxylation is 1. The molecule has 11 heteroatoms. The summed E-state index contributed by atoms with van der Waals surface area (Å²) in [6, 6.07) is 9.55. The summed E-state index contributed by atoms with van der Waals surface area (Å²) in [7, 11) is 0. The van der Waals surface area contributed by atoms with Crippen molar-refractivity contribution in [3.05, 3.63) is 58.4 Å². The summed E-state index contributed by atoms with van der Waals surface area (Å²) in [5, 5.41) is 0.531. The predicted molar refractivity (Wildman–Crippen MR) is 129 cm³/mol. The zero-order valence-electron chi connectivity index (χ0n) is 18.1. The number of benzene rings is 2. The Labute approximate surface area is 214 Å². The van der Waals surface area contributed by atoms with Gasteiger partial charge in [-0.05, 0) is 42.3 Å². The van der Waals surface area contributed by atoms with Crippen molar-refractivity contribution in [1.29, 1.82) is 0 Å². The van der Waals surface area contributed by atoms with Crippen molar-refractivity contribution in [3.8, 4) is 0 Å². The van der Waals surface area contributed by atoms with Crippen molar-refractivity contribution in [2.45, 2.75) is 34.2 Å². The molecule has 0 N–H and O–H groups in total. The van der Waals surface area contributed by atoms with Crippen LogP contribution < -0.4 is 4.90 Å². The van der Waals surface area contributed by atoms with E-state index in [1.54, 1.807) is 41.0 Å². The van der Waals surface area contributed by atoms with Crippen molar-refractivity contribution >= 4 is 58.2 Å². The van der Waals surface area contributed by atoms with Gasteiger partial charge in [0.2, 0.25) is 5.91 Å². The molecule has 2 aromatic rings. The van der Waals surface area contributed by atoms with E-state index in [0.717, 1.165) is 0 Å². The van der Waals surface area contributed by atoms with Crippen LogP contribution in [0.3, 0.4) is 0 Å². The molecule has 2 aliphatic rings. The van der Waals surface area contributed by atoms with Crippen LogP contribution in [-0.2, 0) is 10.2 Å². The number of hydrogen-bond acceptors (Lipinski definition) is 3. The van der Waals surface area contributed by atoms with E-state index >= 15 is 0 Å². The lowest BCUT2D eigenvalue weighted by Crippen LogP contribution is -2.52. The topological polar surface area (TPSA) is 23.6 Å². The van der Waals surface area contributed by atoms with E-state index in [9.17, 15) is 22.4 Å². The molecule has 1 aliphatic carbocycles. The zero-order valence-corrected chi connectivity index (χ0v) is 21.1. The molecular formula is C23H21Cl3F4N2OS. The lowest BCUT2D eigenvalue weighted by Gasteiger charge is -2.38. The minimum Gasteiger partial charge on any atom is -0.366 e. The van der Waals surface area contributed by atoms with Gasteiger partial charge in [0.25, 0.3) is 0 Å². The Morgan fingerprint density at radius 2 is 1.68 bits per heavy atom. The molecule has 0 bridgehead atoms. The summed E-state index contributed by atoms with van der Waals surface area (Å²) in [4.78, 5) is 17.3. The van der Waals surface area contributed by atoms with Gasteiger partial charge in [-0.25, -0.2) is 4.39 Å². The Balaban J connectivity index is 1.48. The van der Waals surface area contributed by atoms with Crippen molar-refractivity contribution in [2.24, 2.45) is 0 Å². The lowest BCUT2D eigenvalue weighted by atomic mass is 9.93. The first-order chi connectivity index (χ1) is 15.8. The van der Waals surface area contributed by atoms with Gasteiger partial charge in [0, 0.05) is 42.5 Å². The van der Waals surface area contributed by atoms with Crippen LogP contribution >= 0.6 is 46.6 Å². The van der Waals surface area contributed by atoms with Gasteiger partial charge in [0.15, 0.2) is 0 Å². The summed E-state index contributed by atoms with van der Waals surface area (Å²) in [6.45, 7) is 2.83. The number of carbonyl (C=O) groups is 1. The second-order valence-electron chi connectivity index (χ2n) is 8.55. The van der Waals surface area contributed by atoms with Crippen molar-refractivity contribution < 1.29 is 22.4 Å². The first-order valence-electron chi connectivity index (χ1n) is 10.5. The number of amides is 1. The number of piperazine rings is 1. The van der Waals surface area contributed by atoms with E-state index < -0.39 is 27.5 Å². The smallest absolute Gasteiger partial charge is 0.366 e. The van der Waals surface area contributed by atoms with Crippen LogP contribution in [0.15, 0.2) is 41.3 Å². The molecule has 0 spiro atoms. The van der Waals surface area contributed by atoms with Gasteiger partial charge in [-0.3, -0.25) is 4.79 Å². The number of halogens is 7. The van der Waals surface area contributed by atoms with Crippen LogP contribution in [0.2, 0.25) is 5.02 Å². The Kier molecular flexibility index (Phi) is 7.01. The minimum absolute atomic E-state index is 0.203. The predicted octanol–water partition coefficient (Wildman–Crippen LogP) is 6.61. The van der Waals surface area contributed by atoms with Crippen LogP contribution in [0.5, 0.6) is 0 Å². The molecule has 1 saturated carbocycles. The summed E-state index contributed by atoms with van der Waals surface area (Å²) < 4.78 is 51.4. The van der Waals surface area contributed by atoms with E-state index in [4.69, 9.17) is 34.8 Å². The number of thioether (sulfide) groups is 1. The fraction of sp³-hybridized carbons (Fsp3) is 0.435. The third-order valence-electron chi connectivity index (χ3n) is 6.23. The van der Waals surface area contributed by atoms with Gasteiger partial charge in [-0.15, -0.1) is 35.0 Å². The summed E-state index contributed by atoms with van der Waals surface area (Å²) in [5.41, 5.74) is 0.290. The van der Waals surface area contributed by atoms with E-state index in [2.05, 4.69) is 0 Å². The van der Waals surface area contributed by atoms with Crippen LogP contribution in [-0.4, -0.2) is 53.2 Å². The molecule has 1 aliphatic heterocycles. The van der Waals surface area contributed by atoms with E-state index in [1.165, 1.54) is 12.1 Å². The minimum atomic E-state index is -4.32. The number of hydrogen-bond donors (Lipinski definition) is 0. The van der Waals surface area contributed by atoms with Crippen LogP contribution in [0, 0.1) is 12.7 Å². The fourth-order valence-electron chi connectivity index (χ4n) is 4.31. The third kappa shape index (κ3) is 4.97. The Morgan fingerprint density at radius 3 is 2.21 bits per heavy atom. The Hall–Kier alpha value is -1.35. The Morgan fingerprint density at radius 1 is 1.09 bits per heavy atom. The Bertz CT molecular complexity index is 1090. The van der Waals surface area contributed by atoms with Gasteiger partial charge in [0.1, 0.15) is 15.6 Å². The van der Waals surface area contributed by atoms with Gasteiger partial charge in [-0.2, -0.15) is 13.2 Å². The van der Waals surface area contributed by atoms with Gasteiger partial charge < -0.3 is 9.80 Å². The average molecular weight is 556 g/mol. The highest BCUT2D eigenvalue weighted by Crippen LogP contribution is 2.65. The highest BCUT2D eigenvalue weighted by atomic mass is 35.5. The number of anilines is 1. The van der Waals surface area contributed by atoms with Gasteiger partial charge in [0.05, 0.1) is 11.4 Å². The van der Waals surface area contributed by atoms with Gasteiger partial charge in [-0.1, -0.05) is 23.7 Å². The van der Waals surface area contributed by atoms with Gasteiger partial charge >= 0.3 is 6.18 Å².